The Morgan fingerprint density at radius 1 is 0.905 bits per heavy atom. The number of halogens is 1. The van der Waals surface area contributed by atoms with E-state index in [-0.39, 0.29) is 6.61 Å². The summed E-state index contributed by atoms with van der Waals surface area (Å²) >= 11 is 3.68. The third-order valence-corrected chi connectivity index (χ3v) is 4.05. The number of aromatic nitrogens is 2. The lowest BCUT2D eigenvalue weighted by atomic mass is 10.1. The molecule has 3 rings (SSSR count). The van der Waals surface area contributed by atoms with E-state index in [9.17, 15) is 5.11 Å². The van der Waals surface area contributed by atoms with Crippen LogP contribution in [0.1, 0.15) is 0 Å². The first-order valence-electron chi connectivity index (χ1n) is 6.79. The zero-order valence-corrected chi connectivity index (χ0v) is 13.0. The number of nitrogens with zero attached hydrogens (tertiary/aromatic N) is 2. The van der Waals surface area contributed by atoms with Crippen LogP contribution in [0, 0.1) is 0 Å². The summed E-state index contributed by atoms with van der Waals surface area (Å²) in [6.07, 6.45) is 0. The van der Waals surface area contributed by atoms with E-state index in [1.165, 1.54) is 0 Å². The highest BCUT2D eigenvalue weighted by atomic mass is 79.9. The molecule has 2 aromatic carbocycles. The minimum absolute atomic E-state index is 0.0577. The first kappa shape index (κ1) is 14.0. The first-order chi connectivity index (χ1) is 10.3. The van der Waals surface area contributed by atoms with E-state index in [1.54, 1.807) is 0 Å². The Morgan fingerprint density at radius 2 is 1.48 bits per heavy atom. The predicted octanol–water partition coefficient (Wildman–Crippen LogP) is 3.97. The second-order valence-corrected chi connectivity index (χ2v) is 5.48. The summed E-state index contributed by atoms with van der Waals surface area (Å²) in [5.74, 6) is 0. The van der Waals surface area contributed by atoms with Gasteiger partial charge < -0.3 is 5.11 Å². The number of aliphatic hydroxyl groups excluding tert-OH is 1. The van der Waals surface area contributed by atoms with Gasteiger partial charge in [-0.1, -0.05) is 60.7 Å². The molecule has 0 unspecified atom stereocenters. The molecular weight excluding hydrogens is 328 g/mol. The average molecular weight is 343 g/mol. The van der Waals surface area contributed by atoms with Crippen molar-refractivity contribution < 1.29 is 5.11 Å². The fraction of sp³-hybridized carbons (Fsp3) is 0.118. The van der Waals surface area contributed by atoms with Crippen molar-refractivity contribution in [3.05, 3.63) is 65.1 Å². The van der Waals surface area contributed by atoms with Gasteiger partial charge in [0.15, 0.2) is 0 Å². The van der Waals surface area contributed by atoms with Crippen molar-refractivity contribution in [3.8, 4) is 22.5 Å². The predicted molar refractivity (Wildman–Crippen MR) is 87.9 cm³/mol. The van der Waals surface area contributed by atoms with E-state index in [1.807, 2.05) is 65.3 Å². The van der Waals surface area contributed by atoms with Gasteiger partial charge in [-0.05, 0) is 15.9 Å². The highest BCUT2D eigenvalue weighted by molar-refractivity contribution is 9.10. The van der Waals surface area contributed by atoms with Crippen LogP contribution in [0.3, 0.4) is 0 Å². The standard InChI is InChI=1S/C17H15BrN2O/c18-15-16(13-7-3-1-4-8-13)19-20(11-12-21)17(15)14-9-5-2-6-10-14/h1-10,21H,11-12H2. The molecule has 1 aromatic heterocycles. The van der Waals surface area contributed by atoms with E-state index < -0.39 is 0 Å². The van der Waals surface area contributed by atoms with Gasteiger partial charge in [-0.2, -0.15) is 5.10 Å². The zero-order chi connectivity index (χ0) is 14.7. The summed E-state index contributed by atoms with van der Waals surface area (Å²) in [6, 6.07) is 20.1. The van der Waals surface area contributed by atoms with E-state index in [2.05, 4.69) is 21.0 Å². The molecular formula is C17H15BrN2O. The second kappa shape index (κ2) is 6.24. The topological polar surface area (TPSA) is 38.0 Å². The minimum atomic E-state index is 0.0577. The van der Waals surface area contributed by atoms with E-state index in [0.29, 0.717) is 6.54 Å². The van der Waals surface area contributed by atoms with Crippen molar-refractivity contribution in [2.75, 3.05) is 6.61 Å². The summed E-state index contributed by atoms with van der Waals surface area (Å²) in [6.45, 7) is 0.526. The van der Waals surface area contributed by atoms with Crippen LogP contribution in [-0.2, 0) is 6.54 Å². The molecule has 0 amide bonds. The van der Waals surface area contributed by atoms with Gasteiger partial charge in [0.25, 0.3) is 0 Å². The van der Waals surface area contributed by atoms with Crippen molar-refractivity contribution >= 4 is 15.9 Å². The lowest BCUT2D eigenvalue weighted by molar-refractivity contribution is 0.270. The highest BCUT2D eigenvalue weighted by Gasteiger charge is 2.18. The van der Waals surface area contributed by atoms with Gasteiger partial charge in [0.05, 0.1) is 23.3 Å². The number of benzene rings is 2. The Hall–Kier alpha value is -1.91. The van der Waals surface area contributed by atoms with Gasteiger partial charge in [-0.3, -0.25) is 4.68 Å². The Morgan fingerprint density at radius 3 is 2.05 bits per heavy atom. The van der Waals surface area contributed by atoms with Crippen LogP contribution in [-0.4, -0.2) is 21.5 Å². The molecule has 3 nitrogen and oxygen atoms in total. The van der Waals surface area contributed by atoms with Crippen LogP contribution in [0.4, 0.5) is 0 Å². The van der Waals surface area contributed by atoms with Gasteiger partial charge in [0.2, 0.25) is 0 Å². The van der Waals surface area contributed by atoms with Crippen molar-refractivity contribution in [3.63, 3.8) is 0 Å². The molecule has 0 atom stereocenters. The van der Waals surface area contributed by atoms with Gasteiger partial charge in [-0.25, -0.2) is 0 Å². The van der Waals surface area contributed by atoms with Crippen molar-refractivity contribution in [2.24, 2.45) is 0 Å². The number of aliphatic hydroxyl groups is 1. The summed E-state index contributed by atoms with van der Waals surface area (Å²) < 4.78 is 2.80. The fourth-order valence-electron chi connectivity index (χ4n) is 2.35. The number of rotatable bonds is 4. The maximum Gasteiger partial charge on any atom is 0.107 e. The Balaban J connectivity index is 2.17. The molecule has 106 valence electrons. The average Bonchev–Trinajstić information content (AvgIpc) is 2.86. The molecule has 0 radical (unpaired) electrons. The SMILES string of the molecule is OCCn1nc(-c2ccccc2)c(Br)c1-c1ccccc1. The molecule has 0 spiro atoms. The highest BCUT2D eigenvalue weighted by Crippen LogP contribution is 2.36. The maximum atomic E-state index is 9.29. The first-order valence-corrected chi connectivity index (χ1v) is 7.58. The second-order valence-electron chi connectivity index (χ2n) is 4.69. The molecule has 0 bridgehead atoms. The molecule has 0 saturated carbocycles. The van der Waals surface area contributed by atoms with E-state index in [4.69, 9.17) is 0 Å². The largest absolute Gasteiger partial charge is 0.394 e. The van der Waals surface area contributed by atoms with E-state index >= 15 is 0 Å². The molecule has 1 N–H and O–H groups in total. The van der Waals surface area contributed by atoms with Crippen LogP contribution in [0.5, 0.6) is 0 Å². The third kappa shape index (κ3) is 2.77. The fourth-order valence-corrected chi connectivity index (χ4v) is 3.09. The smallest absolute Gasteiger partial charge is 0.107 e. The quantitative estimate of drug-likeness (QED) is 0.778. The maximum absolute atomic E-state index is 9.29. The van der Waals surface area contributed by atoms with Crippen LogP contribution in [0.2, 0.25) is 0 Å². The minimum Gasteiger partial charge on any atom is -0.394 e. The Kier molecular flexibility index (Phi) is 4.18. The summed E-state index contributed by atoms with van der Waals surface area (Å²) in [7, 11) is 0. The normalized spacial score (nSPS) is 10.8. The van der Waals surface area contributed by atoms with Crippen LogP contribution >= 0.6 is 15.9 Å². The molecule has 4 heteroatoms. The van der Waals surface area contributed by atoms with Crippen molar-refractivity contribution in [1.82, 2.24) is 9.78 Å². The van der Waals surface area contributed by atoms with Crippen molar-refractivity contribution in [2.45, 2.75) is 6.54 Å². The van der Waals surface area contributed by atoms with Gasteiger partial charge in [0, 0.05) is 11.1 Å². The summed E-state index contributed by atoms with van der Waals surface area (Å²) in [4.78, 5) is 0. The van der Waals surface area contributed by atoms with Crippen LogP contribution < -0.4 is 0 Å². The molecule has 0 aliphatic carbocycles. The molecule has 21 heavy (non-hydrogen) atoms. The molecule has 0 saturated heterocycles. The monoisotopic (exact) mass is 342 g/mol. The lowest BCUT2D eigenvalue weighted by Crippen LogP contribution is -2.05. The number of hydrogen-bond acceptors (Lipinski definition) is 2. The lowest BCUT2D eigenvalue weighted by Gasteiger charge is -2.06. The third-order valence-electron chi connectivity index (χ3n) is 3.30. The van der Waals surface area contributed by atoms with Gasteiger partial charge in [-0.15, -0.1) is 0 Å². The van der Waals surface area contributed by atoms with Gasteiger partial charge in [0.1, 0.15) is 5.69 Å². The molecule has 0 aliphatic rings. The van der Waals surface area contributed by atoms with Crippen molar-refractivity contribution in [1.29, 1.82) is 0 Å². The number of hydrogen-bond donors (Lipinski definition) is 1. The molecule has 3 aromatic rings. The van der Waals surface area contributed by atoms with Crippen LogP contribution in [0.25, 0.3) is 22.5 Å². The molecule has 0 aliphatic heterocycles. The van der Waals surface area contributed by atoms with Gasteiger partial charge >= 0.3 is 0 Å². The molecule has 0 fully saturated rings. The summed E-state index contributed by atoms with van der Waals surface area (Å²) in [5, 5.41) is 13.9. The summed E-state index contributed by atoms with van der Waals surface area (Å²) in [5.41, 5.74) is 4.01. The zero-order valence-electron chi connectivity index (χ0n) is 11.4. The molecule has 1 heterocycles. The Labute approximate surface area is 132 Å². The van der Waals surface area contributed by atoms with Crippen LogP contribution in [0.15, 0.2) is 65.1 Å². The Bertz CT molecular complexity index is 723. The van der Waals surface area contributed by atoms with E-state index in [0.717, 1.165) is 27.0 Å².